The second kappa shape index (κ2) is 4.54. The van der Waals surface area contributed by atoms with Gasteiger partial charge in [-0.1, -0.05) is 0 Å². The molecule has 0 atom stereocenters. The highest BCUT2D eigenvalue weighted by Crippen LogP contribution is 2.15. The predicted octanol–water partition coefficient (Wildman–Crippen LogP) is 0.797. The van der Waals surface area contributed by atoms with E-state index in [1.807, 2.05) is 0 Å². The third-order valence-electron chi connectivity index (χ3n) is 2.82. The normalized spacial score (nSPS) is 10.6. The highest BCUT2D eigenvalue weighted by Gasteiger charge is 2.07. The Morgan fingerprint density at radius 3 is 2.55 bits per heavy atom. The van der Waals surface area contributed by atoms with Gasteiger partial charge in [-0.05, 0) is 24.3 Å². The molecule has 2 heterocycles. The average molecular weight is 270 g/mol. The van der Waals surface area contributed by atoms with E-state index in [4.69, 9.17) is 0 Å². The van der Waals surface area contributed by atoms with Crippen LogP contribution in [0.2, 0.25) is 0 Å². The van der Waals surface area contributed by atoms with Crippen LogP contribution >= 0.6 is 0 Å². The number of H-pyrrole nitrogens is 3. The minimum absolute atomic E-state index is 0.270. The van der Waals surface area contributed by atoms with Gasteiger partial charge in [0, 0.05) is 18.0 Å². The van der Waals surface area contributed by atoms with E-state index in [0.717, 1.165) is 0 Å². The van der Waals surface area contributed by atoms with Crippen LogP contribution in [0.4, 0.5) is 5.69 Å². The number of benzene rings is 1. The number of fused-ring (bicyclic) bond motifs is 1. The fourth-order valence-corrected chi connectivity index (χ4v) is 1.87. The van der Waals surface area contributed by atoms with Crippen molar-refractivity contribution < 1.29 is 4.79 Å². The number of aromatic amines is 3. The van der Waals surface area contributed by atoms with E-state index in [2.05, 4.69) is 20.3 Å². The summed E-state index contributed by atoms with van der Waals surface area (Å²) in [6.45, 7) is 0. The van der Waals surface area contributed by atoms with Gasteiger partial charge in [0.1, 0.15) is 0 Å². The lowest BCUT2D eigenvalue weighted by atomic mass is 10.2. The molecule has 0 spiro atoms. The zero-order chi connectivity index (χ0) is 14.1. The van der Waals surface area contributed by atoms with Gasteiger partial charge < -0.3 is 20.3 Å². The molecule has 0 saturated carbocycles. The van der Waals surface area contributed by atoms with Crippen molar-refractivity contribution >= 4 is 22.6 Å². The molecule has 0 aliphatic carbocycles. The molecule has 7 nitrogen and oxygen atoms in total. The van der Waals surface area contributed by atoms with Crippen molar-refractivity contribution in [3.8, 4) is 0 Å². The number of anilines is 1. The smallest absolute Gasteiger partial charge is 0.323 e. The van der Waals surface area contributed by atoms with Crippen LogP contribution in [-0.2, 0) is 0 Å². The molecule has 2 aromatic heterocycles. The van der Waals surface area contributed by atoms with Crippen molar-refractivity contribution in [2.24, 2.45) is 0 Å². The number of nitrogens with one attached hydrogen (secondary N) is 4. The fourth-order valence-electron chi connectivity index (χ4n) is 1.87. The van der Waals surface area contributed by atoms with Crippen LogP contribution in [0.1, 0.15) is 10.4 Å². The maximum absolute atomic E-state index is 12.0. The van der Waals surface area contributed by atoms with Gasteiger partial charge in [0.25, 0.3) is 5.91 Å². The molecule has 0 bridgehead atoms. The summed E-state index contributed by atoms with van der Waals surface area (Å²) in [5.41, 5.74) is 1.58. The Morgan fingerprint density at radius 2 is 1.80 bits per heavy atom. The Bertz CT molecular complexity index is 883. The van der Waals surface area contributed by atoms with Gasteiger partial charge in [-0.2, -0.15) is 0 Å². The molecule has 0 fully saturated rings. The number of rotatable bonds is 2. The second-order valence-corrected chi connectivity index (χ2v) is 4.24. The molecule has 3 rings (SSSR count). The molecule has 0 saturated heterocycles. The van der Waals surface area contributed by atoms with Gasteiger partial charge in [0.05, 0.1) is 16.6 Å². The molecular formula is C13H10N4O3. The van der Waals surface area contributed by atoms with Crippen LogP contribution < -0.4 is 16.6 Å². The number of carbonyl (C=O) groups is 1. The molecule has 0 unspecified atom stereocenters. The standard InChI is InChI=1S/C13H10N4O3/c18-11-4-1-7(6-14-11)12(19)15-8-2-3-9-10(5-8)17-13(20)16-9/h1-6H,(H,14,18)(H,15,19)(H2,16,17,20). The molecule has 0 radical (unpaired) electrons. The lowest BCUT2D eigenvalue weighted by molar-refractivity contribution is 0.102. The first-order chi connectivity index (χ1) is 9.61. The molecule has 4 N–H and O–H groups in total. The maximum atomic E-state index is 12.0. The van der Waals surface area contributed by atoms with Crippen LogP contribution in [0.25, 0.3) is 11.0 Å². The summed E-state index contributed by atoms with van der Waals surface area (Å²) in [6, 6.07) is 7.73. The quantitative estimate of drug-likeness (QED) is 0.552. The summed E-state index contributed by atoms with van der Waals surface area (Å²) in [4.78, 5) is 41.7. The summed E-state index contributed by atoms with van der Waals surface area (Å²) in [6.07, 6.45) is 1.34. The fraction of sp³-hybridized carbons (Fsp3) is 0. The van der Waals surface area contributed by atoms with Gasteiger partial charge in [0.15, 0.2) is 0 Å². The molecule has 20 heavy (non-hydrogen) atoms. The van der Waals surface area contributed by atoms with E-state index in [9.17, 15) is 14.4 Å². The minimum Gasteiger partial charge on any atom is -0.328 e. The number of carbonyl (C=O) groups excluding carboxylic acids is 1. The molecule has 1 amide bonds. The van der Waals surface area contributed by atoms with Gasteiger partial charge in [-0.15, -0.1) is 0 Å². The van der Waals surface area contributed by atoms with E-state index >= 15 is 0 Å². The second-order valence-electron chi connectivity index (χ2n) is 4.24. The zero-order valence-corrected chi connectivity index (χ0v) is 10.2. The van der Waals surface area contributed by atoms with Gasteiger partial charge in [0.2, 0.25) is 5.56 Å². The van der Waals surface area contributed by atoms with Crippen molar-refractivity contribution in [2.45, 2.75) is 0 Å². The molecular weight excluding hydrogens is 260 g/mol. The van der Waals surface area contributed by atoms with E-state index in [1.165, 1.54) is 18.3 Å². The van der Waals surface area contributed by atoms with E-state index in [-0.39, 0.29) is 17.2 Å². The molecule has 3 aromatic rings. The zero-order valence-electron chi connectivity index (χ0n) is 10.2. The van der Waals surface area contributed by atoms with Gasteiger partial charge in [-0.3, -0.25) is 9.59 Å². The van der Waals surface area contributed by atoms with Crippen LogP contribution in [0.15, 0.2) is 46.1 Å². The topological polar surface area (TPSA) is 111 Å². The third kappa shape index (κ3) is 2.24. The van der Waals surface area contributed by atoms with E-state index in [1.54, 1.807) is 18.2 Å². The average Bonchev–Trinajstić information content (AvgIpc) is 2.78. The lowest BCUT2D eigenvalue weighted by Gasteiger charge is -2.04. The van der Waals surface area contributed by atoms with Crippen LogP contribution in [0.3, 0.4) is 0 Å². The van der Waals surface area contributed by atoms with Crippen LogP contribution in [-0.4, -0.2) is 20.9 Å². The number of hydrogen-bond donors (Lipinski definition) is 4. The first kappa shape index (κ1) is 12.0. The summed E-state index contributed by atoms with van der Waals surface area (Å²) >= 11 is 0. The number of pyridine rings is 1. The van der Waals surface area contributed by atoms with Crippen molar-refractivity contribution in [1.29, 1.82) is 0 Å². The van der Waals surface area contributed by atoms with Crippen LogP contribution in [0, 0.1) is 0 Å². The highest BCUT2D eigenvalue weighted by atomic mass is 16.2. The molecule has 0 aliphatic rings. The Labute approximate surface area is 111 Å². The van der Waals surface area contributed by atoms with Crippen molar-refractivity contribution in [2.75, 3.05) is 5.32 Å². The van der Waals surface area contributed by atoms with E-state index in [0.29, 0.717) is 22.3 Å². The Hall–Kier alpha value is -3.09. The first-order valence-corrected chi connectivity index (χ1v) is 5.84. The largest absolute Gasteiger partial charge is 0.328 e. The molecule has 100 valence electrons. The SMILES string of the molecule is O=C(Nc1ccc2[nH]c(=O)[nH]c2c1)c1ccc(=O)[nH]c1. The lowest BCUT2D eigenvalue weighted by Crippen LogP contribution is -2.14. The Balaban J connectivity index is 1.88. The predicted molar refractivity (Wildman–Crippen MR) is 73.9 cm³/mol. The van der Waals surface area contributed by atoms with Gasteiger partial charge in [-0.25, -0.2) is 4.79 Å². The van der Waals surface area contributed by atoms with E-state index < -0.39 is 0 Å². The van der Waals surface area contributed by atoms with Crippen molar-refractivity contribution in [3.63, 3.8) is 0 Å². The number of imidazole rings is 1. The third-order valence-corrected chi connectivity index (χ3v) is 2.82. The van der Waals surface area contributed by atoms with Crippen LogP contribution in [0.5, 0.6) is 0 Å². The summed E-state index contributed by atoms with van der Waals surface area (Å²) in [5, 5.41) is 2.68. The van der Waals surface area contributed by atoms with Gasteiger partial charge >= 0.3 is 5.69 Å². The monoisotopic (exact) mass is 270 g/mol. The van der Waals surface area contributed by atoms with Crippen molar-refractivity contribution in [3.05, 3.63) is 62.9 Å². The highest BCUT2D eigenvalue weighted by molar-refractivity contribution is 6.04. The summed E-state index contributed by atoms with van der Waals surface area (Å²) < 4.78 is 0. The number of aromatic nitrogens is 3. The maximum Gasteiger partial charge on any atom is 0.323 e. The Kier molecular flexibility index (Phi) is 2.72. The summed E-state index contributed by atoms with van der Waals surface area (Å²) in [5.74, 6) is -0.349. The number of amides is 1. The Morgan fingerprint density at radius 1 is 1.00 bits per heavy atom. The number of hydrogen-bond acceptors (Lipinski definition) is 3. The molecule has 7 heteroatoms. The minimum atomic E-state index is -0.349. The molecule has 0 aliphatic heterocycles. The summed E-state index contributed by atoms with van der Waals surface area (Å²) in [7, 11) is 0. The first-order valence-electron chi connectivity index (χ1n) is 5.84. The van der Waals surface area contributed by atoms with Crippen molar-refractivity contribution in [1.82, 2.24) is 15.0 Å². The molecule has 1 aromatic carbocycles.